The van der Waals surface area contributed by atoms with E-state index in [1.807, 2.05) is 13.2 Å². The van der Waals surface area contributed by atoms with Gasteiger partial charge in [-0.3, -0.25) is 4.68 Å². The molecule has 0 amide bonds. The number of aromatic nitrogens is 3. The highest BCUT2D eigenvalue weighted by molar-refractivity contribution is 5.60. The summed E-state index contributed by atoms with van der Waals surface area (Å²) in [5.41, 5.74) is 1.81. The molecule has 4 heteroatoms. The second-order valence-corrected chi connectivity index (χ2v) is 2.77. The Hall–Kier alpha value is -1.71. The number of hydrogen-bond donors (Lipinski definition) is 0. The highest BCUT2D eigenvalue weighted by atomic mass is 19.1. The van der Waals surface area contributed by atoms with Crippen molar-refractivity contribution in [1.29, 1.82) is 0 Å². The molecule has 0 aromatic carbocycles. The van der Waals surface area contributed by atoms with E-state index in [0.29, 0.717) is 0 Å². The molecule has 0 radical (unpaired) electrons. The summed E-state index contributed by atoms with van der Waals surface area (Å²) in [6.45, 7) is 0. The quantitative estimate of drug-likeness (QED) is 0.620. The van der Waals surface area contributed by atoms with E-state index in [9.17, 15) is 4.39 Å². The van der Waals surface area contributed by atoms with Crippen LogP contribution in [0.2, 0.25) is 0 Å². The lowest BCUT2D eigenvalue weighted by Gasteiger charge is -1.94. The lowest BCUT2D eigenvalue weighted by molar-refractivity contribution is 0.584. The molecule has 0 aliphatic heterocycles. The predicted molar refractivity (Wildman–Crippen MR) is 46.4 cm³/mol. The molecule has 0 atom stereocenters. The van der Waals surface area contributed by atoms with Crippen molar-refractivity contribution in [1.82, 2.24) is 14.8 Å². The van der Waals surface area contributed by atoms with E-state index in [2.05, 4.69) is 10.1 Å². The number of halogens is 1. The van der Waals surface area contributed by atoms with Gasteiger partial charge >= 0.3 is 0 Å². The lowest BCUT2D eigenvalue weighted by Crippen LogP contribution is -1.84. The van der Waals surface area contributed by atoms with Crippen molar-refractivity contribution >= 4 is 0 Å². The van der Waals surface area contributed by atoms with Crippen LogP contribution in [0.15, 0.2) is 30.7 Å². The van der Waals surface area contributed by atoms with Crippen molar-refractivity contribution in [2.75, 3.05) is 0 Å². The van der Waals surface area contributed by atoms with E-state index >= 15 is 0 Å². The molecule has 0 unspecified atom stereocenters. The molecule has 2 rings (SSSR count). The lowest BCUT2D eigenvalue weighted by atomic mass is 10.2. The Morgan fingerprint density at radius 3 is 2.62 bits per heavy atom. The van der Waals surface area contributed by atoms with E-state index in [1.54, 1.807) is 16.9 Å². The maximum atomic E-state index is 12.5. The molecule has 0 saturated heterocycles. The predicted octanol–water partition coefficient (Wildman–Crippen LogP) is 1.62. The van der Waals surface area contributed by atoms with Gasteiger partial charge in [-0.15, -0.1) is 0 Å². The molecule has 0 spiro atoms. The molecule has 3 nitrogen and oxygen atoms in total. The Morgan fingerprint density at radius 1 is 1.23 bits per heavy atom. The first-order valence-corrected chi connectivity index (χ1v) is 3.86. The molecule has 2 aromatic heterocycles. The monoisotopic (exact) mass is 177 g/mol. The van der Waals surface area contributed by atoms with E-state index < -0.39 is 5.95 Å². The first-order valence-electron chi connectivity index (χ1n) is 3.86. The molecule has 0 bridgehead atoms. The Labute approximate surface area is 74.8 Å². The van der Waals surface area contributed by atoms with Crippen LogP contribution in [0.3, 0.4) is 0 Å². The van der Waals surface area contributed by atoms with Crippen LogP contribution in [0, 0.1) is 5.95 Å². The van der Waals surface area contributed by atoms with Crippen LogP contribution in [0.5, 0.6) is 0 Å². The number of pyridine rings is 1. The Bertz CT molecular complexity index is 405. The van der Waals surface area contributed by atoms with E-state index in [1.165, 1.54) is 12.3 Å². The first kappa shape index (κ1) is 7.91. The van der Waals surface area contributed by atoms with Crippen LogP contribution in [-0.4, -0.2) is 14.8 Å². The molecular formula is C9H8FN3. The second kappa shape index (κ2) is 2.97. The van der Waals surface area contributed by atoms with Gasteiger partial charge in [-0.25, -0.2) is 4.98 Å². The molecule has 0 saturated carbocycles. The summed E-state index contributed by atoms with van der Waals surface area (Å²) in [7, 11) is 1.83. The van der Waals surface area contributed by atoms with Gasteiger partial charge in [0.2, 0.25) is 5.95 Å². The van der Waals surface area contributed by atoms with Gasteiger partial charge in [-0.2, -0.15) is 9.49 Å². The summed E-state index contributed by atoms with van der Waals surface area (Å²) >= 11 is 0. The van der Waals surface area contributed by atoms with Gasteiger partial charge in [0, 0.05) is 30.6 Å². The number of aryl methyl sites for hydroxylation is 1. The first-order chi connectivity index (χ1) is 6.25. The van der Waals surface area contributed by atoms with Crippen LogP contribution in [0.4, 0.5) is 4.39 Å². The minimum absolute atomic E-state index is 0.465. The fraction of sp³-hybridized carbons (Fsp3) is 0.111. The second-order valence-electron chi connectivity index (χ2n) is 2.77. The van der Waals surface area contributed by atoms with Gasteiger partial charge in [0.25, 0.3) is 0 Å². The summed E-state index contributed by atoms with van der Waals surface area (Å²) in [5.74, 6) is -0.465. The third-order valence-electron chi connectivity index (χ3n) is 1.77. The van der Waals surface area contributed by atoms with E-state index in [0.717, 1.165) is 11.1 Å². The number of rotatable bonds is 1. The summed E-state index contributed by atoms with van der Waals surface area (Å²) < 4.78 is 14.2. The van der Waals surface area contributed by atoms with E-state index in [-0.39, 0.29) is 0 Å². The molecule has 0 fully saturated rings. The van der Waals surface area contributed by atoms with Crippen LogP contribution >= 0.6 is 0 Å². The zero-order valence-electron chi connectivity index (χ0n) is 7.11. The van der Waals surface area contributed by atoms with Crippen molar-refractivity contribution in [3.8, 4) is 11.1 Å². The molecule has 2 heterocycles. The van der Waals surface area contributed by atoms with Crippen LogP contribution in [-0.2, 0) is 7.05 Å². The smallest absolute Gasteiger partial charge is 0.212 e. The Kier molecular flexibility index (Phi) is 1.81. The molecule has 66 valence electrons. The van der Waals surface area contributed by atoms with Gasteiger partial charge in [-0.05, 0) is 12.1 Å². The maximum absolute atomic E-state index is 12.5. The van der Waals surface area contributed by atoms with Crippen molar-refractivity contribution in [3.63, 3.8) is 0 Å². The maximum Gasteiger partial charge on any atom is 0.212 e. The van der Waals surface area contributed by atoms with Crippen LogP contribution in [0.25, 0.3) is 11.1 Å². The Morgan fingerprint density at radius 2 is 2.08 bits per heavy atom. The van der Waals surface area contributed by atoms with Crippen molar-refractivity contribution < 1.29 is 4.39 Å². The van der Waals surface area contributed by atoms with Crippen molar-refractivity contribution in [2.45, 2.75) is 0 Å². The molecule has 2 aromatic rings. The number of hydrogen-bond acceptors (Lipinski definition) is 2. The summed E-state index contributed by atoms with van der Waals surface area (Å²) in [5, 5.41) is 4.01. The molecular weight excluding hydrogens is 169 g/mol. The van der Waals surface area contributed by atoms with Gasteiger partial charge < -0.3 is 0 Å². The van der Waals surface area contributed by atoms with Gasteiger partial charge in [0.05, 0.1) is 6.20 Å². The minimum Gasteiger partial charge on any atom is -0.275 e. The largest absolute Gasteiger partial charge is 0.275 e. The minimum atomic E-state index is -0.465. The highest BCUT2D eigenvalue weighted by Crippen LogP contribution is 2.16. The fourth-order valence-corrected chi connectivity index (χ4v) is 1.12. The van der Waals surface area contributed by atoms with Crippen LogP contribution in [0.1, 0.15) is 0 Å². The normalized spacial score (nSPS) is 10.3. The van der Waals surface area contributed by atoms with Crippen molar-refractivity contribution in [3.05, 3.63) is 36.7 Å². The SMILES string of the molecule is Cn1cc(-c2ccc(F)nc2)cn1. The molecule has 0 aliphatic carbocycles. The van der Waals surface area contributed by atoms with E-state index in [4.69, 9.17) is 0 Å². The third-order valence-corrected chi connectivity index (χ3v) is 1.77. The topological polar surface area (TPSA) is 30.7 Å². The van der Waals surface area contributed by atoms with Crippen LogP contribution < -0.4 is 0 Å². The van der Waals surface area contributed by atoms with Gasteiger partial charge in [-0.1, -0.05) is 0 Å². The van der Waals surface area contributed by atoms with Gasteiger partial charge in [0.15, 0.2) is 0 Å². The third kappa shape index (κ3) is 1.56. The Balaban J connectivity index is 2.41. The molecule has 13 heavy (non-hydrogen) atoms. The summed E-state index contributed by atoms with van der Waals surface area (Å²) in [4.78, 5) is 3.56. The zero-order valence-corrected chi connectivity index (χ0v) is 7.11. The summed E-state index contributed by atoms with van der Waals surface area (Å²) in [6, 6.07) is 3.02. The fourth-order valence-electron chi connectivity index (χ4n) is 1.12. The van der Waals surface area contributed by atoms with Gasteiger partial charge in [0.1, 0.15) is 0 Å². The zero-order chi connectivity index (χ0) is 9.26. The average molecular weight is 177 g/mol. The highest BCUT2D eigenvalue weighted by Gasteiger charge is 2.00. The standard InChI is InChI=1S/C9H8FN3/c1-13-6-8(5-12-13)7-2-3-9(10)11-4-7/h2-6H,1H3. The molecule has 0 aliphatic rings. The summed E-state index contributed by atoms with van der Waals surface area (Å²) in [6.07, 6.45) is 5.07. The molecule has 0 N–H and O–H groups in total. The van der Waals surface area contributed by atoms with Crippen molar-refractivity contribution in [2.24, 2.45) is 7.05 Å². The number of nitrogens with zero attached hydrogens (tertiary/aromatic N) is 3. The average Bonchev–Trinajstić information content (AvgIpc) is 2.53.